The summed E-state index contributed by atoms with van der Waals surface area (Å²) in [6.07, 6.45) is -1.57. The summed E-state index contributed by atoms with van der Waals surface area (Å²) >= 11 is 0. The molecule has 0 saturated heterocycles. The normalized spacial score (nSPS) is 12.0. The van der Waals surface area contributed by atoms with E-state index in [0.29, 0.717) is 16.6 Å². The fourth-order valence-corrected chi connectivity index (χ4v) is 2.71. The van der Waals surface area contributed by atoms with Gasteiger partial charge in [0.2, 0.25) is 0 Å². The van der Waals surface area contributed by atoms with Crippen LogP contribution in [0.4, 0.5) is 13.2 Å². The summed E-state index contributed by atoms with van der Waals surface area (Å²) in [6, 6.07) is 7.76. The third-order valence-corrected chi connectivity index (χ3v) is 4.13. The molecule has 0 saturated carbocycles. The van der Waals surface area contributed by atoms with E-state index in [4.69, 9.17) is 4.74 Å². The number of H-pyrrole nitrogens is 1. The monoisotopic (exact) mass is 405 g/mol. The molecule has 2 aromatic heterocycles. The van der Waals surface area contributed by atoms with Gasteiger partial charge in [0.1, 0.15) is 6.61 Å². The number of benzene rings is 1. The van der Waals surface area contributed by atoms with Gasteiger partial charge in [-0.05, 0) is 38.1 Å². The van der Waals surface area contributed by atoms with Crippen LogP contribution in [0.25, 0.3) is 11.0 Å². The molecule has 0 radical (unpaired) electrons. The largest absolute Gasteiger partial charge is 0.460 e. The number of nitrogens with one attached hydrogen (secondary N) is 2. The first-order valence-corrected chi connectivity index (χ1v) is 8.66. The summed E-state index contributed by atoms with van der Waals surface area (Å²) in [6.45, 7) is 2.87. The van der Waals surface area contributed by atoms with Crippen LogP contribution in [0.15, 0.2) is 48.8 Å². The number of carbonyl (C=O) groups is 2. The van der Waals surface area contributed by atoms with Crippen LogP contribution in [0.5, 0.6) is 0 Å². The Morgan fingerprint density at radius 2 is 1.90 bits per heavy atom. The maximum Gasteiger partial charge on any atom is 0.417 e. The van der Waals surface area contributed by atoms with Gasteiger partial charge in [0.25, 0.3) is 5.91 Å². The maximum atomic E-state index is 13.1. The van der Waals surface area contributed by atoms with Crippen molar-refractivity contribution in [3.05, 3.63) is 65.5 Å². The number of esters is 1. The molecule has 3 aromatic rings. The van der Waals surface area contributed by atoms with Crippen molar-refractivity contribution < 1.29 is 27.5 Å². The molecule has 2 N–H and O–H groups in total. The van der Waals surface area contributed by atoms with Crippen LogP contribution >= 0.6 is 0 Å². The molecule has 0 aliphatic heterocycles. The van der Waals surface area contributed by atoms with E-state index < -0.39 is 34.7 Å². The van der Waals surface area contributed by atoms with Crippen LogP contribution < -0.4 is 5.32 Å². The van der Waals surface area contributed by atoms with E-state index in [-0.39, 0.29) is 6.61 Å². The minimum atomic E-state index is -4.68. The van der Waals surface area contributed by atoms with E-state index in [0.717, 1.165) is 12.1 Å². The molecule has 152 valence electrons. The number of aromatic nitrogens is 2. The number of alkyl halides is 3. The van der Waals surface area contributed by atoms with E-state index >= 15 is 0 Å². The van der Waals surface area contributed by atoms with Crippen LogP contribution in [0.3, 0.4) is 0 Å². The molecule has 1 aromatic carbocycles. The molecular weight excluding hydrogens is 387 g/mol. The number of carbonyl (C=O) groups excluding carboxylic acids is 2. The smallest absolute Gasteiger partial charge is 0.417 e. The van der Waals surface area contributed by atoms with Crippen LogP contribution in [0, 0.1) is 0 Å². The Morgan fingerprint density at radius 1 is 1.17 bits per heavy atom. The third kappa shape index (κ3) is 4.74. The summed E-state index contributed by atoms with van der Waals surface area (Å²) in [5.41, 5.74) is -0.990. The topological polar surface area (TPSA) is 84.1 Å². The zero-order valence-corrected chi connectivity index (χ0v) is 15.6. The summed E-state index contributed by atoms with van der Waals surface area (Å²) in [5.74, 6) is -1.57. The Kier molecular flexibility index (Phi) is 5.32. The Morgan fingerprint density at radius 3 is 2.62 bits per heavy atom. The standard InChI is InChI=1S/C20H18F3N3O3/c1-19(2,26-17(27)12-9-16-15(25-10-12)7-8-24-16)11-29-18(28)13-5-3-4-6-14(13)20(21,22)23/h3-10,24H,11H2,1-2H3,(H,26,27). The Hall–Kier alpha value is -3.36. The van der Waals surface area contributed by atoms with Crippen LogP contribution in [-0.2, 0) is 10.9 Å². The molecule has 29 heavy (non-hydrogen) atoms. The highest BCUT2D eigenvalue weighted by Crippen LogP contribution is 2.32. The van der Waals surface area contributed by atoms with Crippen molar-refractivity contribution in [1.82, 2.24) is 15.3 Å². The summed E-state index contributed by atoms with van der Waals surface area (Å²) in [4.78, 5) is 31.8. The molecule has 0 spiro atoms. The first-order valence-electron chi connectivity index (χ1n) is 8.66. The van der Waals surface area contributed by atoms with E-state index in [1.807, 2.05) is 0 Å². The van der Waals surface area contributed by atoms with E-state index in [2.05, 4.69) is 15.3 Å². The predicted octanol–water partition coefficient (Wildman–Crippen LogP) is 3.95. The van der Waals surface area contributed by atoms with Crippen molar-refractivity contribution in [3.63, 3.8) is 0 Å². The lowest BCUT2D eigenvalue weighted by atomic mass is 10.1. The highest BCUT2D eigenvalue weighted by atomic mass is 19.4. The Bertz CT molecular complexity index is 1060. The summed E-state index contributed by atoms with van der Waals surface area (Å²) in [7, 11) is 0. The highest BCUT2D eigenvalue weighted by Gasteiger charge is 2.35. The van der Waals surface area contributed by atoms with Crippen molar-refractivity contribution in [2.24, 2.45) is 0 Å². The Labute approximate surface area is 164 Å². The second-order valence-corrected chi connectivity index (χ2v) is 7.09. The number of nitrogens with zero attached hydrogens (tertiary/aromatic N) is 1. The molecule has 6 nitrogen and oxygen atoms in total. The molecule has 0 aliphatic rings. The van der Waals surface area contributed by atoms with Gasteiger partial charge in [-0.1, -0.05) is 12.1 Å². The molecule has 0 fully saturated rings. The molecule has 1 amide bonds. The molecule has 0 atom stereocenters. The maximum absolute atomic E-state index is 13.1. The average Bonchev–Trinajstić information content (AvgIpc) is 3.13. The molecule has 3 rings (SSSR count). The lowest BCUT2D eigenvalue weighted by Crippen LogP contribution is -2.47. The van der Waals surface area contributed by atoms with Gasteiger partial charge in [0.15, 0.2) is 0 Å². The van der Waals surface area contributed by atoms with Gasteiger partial charge in [-0.2, -0.15) is 13.2 Å². The molecule has 0 aliphatic carbocycles. The zero-order valence-electron chi connectivity index (χ0n) is 15.6. The van der Waals surface area contributed by atoms with Gasteiger partial charge in [0.05, 0.1) is 33.3 Å². The quantitative estimate of drug-likeness (QED) is 0.630. The van der Waals surface area contributed by atoms with Gasteiger partial charge >= 0.3 is 12.1 Å². The van der Waals surface area contributed by atoms with E-state index in [9.17, 15) is 22.8 Å². The van der Waals surface area contributed by atoms with Crippen molar-refractivity contribution in [2.45, 2.75) is 25.6 Å². The molecule has 0 unspecified atom stereocenters. The number of pyridine rings is 1. The number of halogens is 3. The van der Waals surface area contributed by atoms with Gasteiger partial charge in [-0.3, -0.25) is 9.78 Å². The van der Waals surface area contributed by atoms with Crippen LogP contribution in [0.2, 0.25) is 0 Å². The van der Waals surface area contributed by atoms with Gasteiger partial charge in [0, 0.05) is 12.4 Å². The Balaban J connectivity index is 1.66. The first-order chi connectivity index (χ1) is 13.6. The number of fused-ring (bicyclic) bond motifs is 1. The average molecular weight is 405 g/mol. The number of hydrogen-bond acceptors (Lipinski definition) is 4. The van der Waals surface area contributed by atoms with E-state index in [1.54, 1.807) is 32.2 Å². The first kappa shape index (κ1) is 20.4. The fourth-order valence-electron chi connectivity index (χ4n) is 2.71. The molecular formula is C20H18F3N3O3. The summed E-state index contributed by atoms with van der Waals surface area (Å²) < 4.78 is 44.2. The van der Waals surface area contributed by atoms with Crippen molar-refractivity contribution in [2.75, 3.05) is 6.61 Å². The SMILES string of the molecule is CC(C)(COC(=O)c1ccccc1C(F)(F)F)NC(=O)c1cnc2cc[nH]c2c1. The van der Waals surface area contributed by atoms with Crippen molar-refractivity contribution >= 4 is 22.9 Å². The molecule has 0 bridgehead atoms. The van der Waals surface area contributed by atoms with Crippen molar-refractivity contribution in [1.29, 1.82) is 0 Å². The van der Waals surface area contributed by atoms with Gasteiger partial charge < -0.3 is 15.0 Å². The zero-order chi connectivity index (χ0) is 21.2. The minimum absolute atomic E-state index is 0.293. The van der Waals surface area contributed by atoms with Gasteiger partial charge in [-0.15, -0.1) is 0 Å². The lowest BCUT2D eigenvalue weighted by Gasteiger charge is -2.26. The second-order valence-electron chi connectivity index (χ2n) is 7.09. The summed E-state index contributed by atoms with van der Waals surface area (Å²) in [5, 5.41) is 2.69. The minimum Gasteiger partial charge on any atom is -0.460 e. The number of aromatic amines is 1. The number of hydrogen-bond donors (Lipinski definition) is 2. The van der Waals surface area contributed by atoms with Crippen LogP contribution in [-0.4, -0.2) is 34.0 Å². The van der Waals surface area contributed by atoms with E-state index in [1.165, 1.54) is 18.3 Å². The third-order valence-electron chi connectivity index (χ3n) is 4.13. The number of amides is 1. The van der Waals surface area contributed by atoms with Gasteiger partial charge in [-0.25, -0.2) is 4.79 Å². The molecule has 9 heteroatoms. The number of rotatable bonds is 5. The second kappa shape index (κ2) is 7.57. The highest BCUT2D eigenvalue weighted by molar-refractivity contribution is 5.97. The lowest BCUT2D eigenvalue weighted by molar-refractivity contribution is -0.138. The fraction of sp³-hybridized carbons (Fsp3) is 0.250. The predicted molar refractivity (Wildman–Crippen MR) is 99.4 cm³/mol. The molecule has 2 heterocycles. The van der Waals surface area contributed by atoms with Crippen LogP contribution in [0.1, 0.15) is 40.1 Å². The number of ether oxygens (including phenoxy) is 1. The van der Waals surface area contributed by atoms with Crippen molar-refractivity contribution in [3.8, 4) is 0 Å².